The molecule has 0 saturated heterocycles. The number of benzene rings is 2. The lowest BCUT2D eigenvalue weighted by Gasteiger charge is -2.13. The van der Waals surface area contributed by atoms with Crippen LogP contribution in [0.4, 0.5) is 5.69 Å². The third kappa shape index (κ3) is 5.37. The van der Waals surface area contributed by atoms with Gasteiger partial charge in [-0.25, -0.2) is 4.98 Å². The average molecular weight is 382 g/mol. The van der Waals surface area contributed by atoms with Gasteiger partial charge in [-0.15, -0.1) is 0 Å². The summed E-state index contributed by atoms with van der Waals surface area (Å²) in [4.78, 5) is 16.7. The topological polar surface area (TPSA) is 56.2 Å². The number of carbonyl (C=O) groups excluding carboxylic acids is 1. The van der Waals surface area contributed by atoms with Gasteiger partial charge in [0.15, 0.2) is 5.16 Å². The molecule has 3 rings (SSSR count). The van der Waals surface area contributed by atoms with E-state index in [4.69, 9.17) is 4.74 Å². The molecule has 0 aliphatic rings. The number of rotatable bonds is 8. The second-order valence-electron chi connectivity index (χ2n) is 6.04. The first-order valence-corrected chi connectivity index (χ1v) is 9.79. The third-order valence-electron chi connectivity index (χ3n) is 4.04. The zero-order valence-electron chi connectivity index (χ0n) is 15.5. The lowest BCUT2D eigenvalue weighted by atomic mass is 10.2. The highest BCUT2D eigenvalue weighted by Gasteiger charge is 2.17. The number of amides is 1. The van der Waals surface area contributed by atoms with Crippen molar-refractivity contribution in [2.24, 2.45) is 0 Å². The van der Waals surface area contributed by atoms with E-state index < -0.39 is 0 Å². The molecule has 3 aromatic rings. The molecule has 1 amide bonds. The molecule has 1 N–H and O–H groups in total. The fraction of sp³-hybridized carbons (Fsp3) is 0.238. The molecule has 6 heteroatoms. The van der Waals surface area contributed by atoms with E-state index in [1.54, 1.807) is 6.20 Å². The molecule has 0 fully saturated rings. The molecule has 0 saturated carbocycles. The predicted octanol–water partition coefficient (Wildman–Crippen LogP) is 4.60. The minimum atomic E-state index is -0.244. The van der Waals surface area contributed by atoms with Crippen molar-refractivity contribution in [1.82, 2.24) is 9.55 Å². The van der Waals surface area contributed by atoms with Crippen LogP contribution >= 0.6 is 11.8 Å². The molecule has 5 nitrogen and oxygen atoms in total. The molecule has 1 heterocycles. The van der Waals surface area contributed by atoms with Crippen molar-refractivity contribution in [3.8, 4) is 5.75 Å². The number of aryl methyl sites for hydroxylation is 1. The summed E-state index contributed by atoms with van der Waals surface area (Å²) >= 11 is 1.45. The first-order chi connectivity index (χ1) is 13.2. The molecule has 1 atom stereocenters. The molecule has 2 aromatic carbocycles. The highest BCUT2D eigenvalue weighted by Crippen LogP contribution is 2.23. The molecular formula is C21H23N3O2S. The van der Waals surface area contributed by atoms with Gasteiger partial charge in [-0.3, -0.25) is 4.79 Å². The SMILES string of the molecule is CCn1ccnc1SC(C)C(=O)Nc1ccc(OCc2ccccc2)cc1. The van der Waals surface area contributed by atoms with Gasteiger partial charge in [0.05, 0.1) is 5.25 Å². The third-order valence-corrected chi connectivity index (χ3v) is 5.16. The Labute approximate surface area is 163 Å². The van der Waals surface area contributed by atoms with E-state index in [2.05, 4.69) is 17.2 Å². The fourth-order valence-corrected chi connectivity index (χ4v) is 3.41. The molecular weight excluding hydrogens is 358 g/mol. The van der Waals surface area contributed by atoms with E-state index in [0.29, 0.717) is 6.61 Å². The molecule has 27 heavy (non-hydrogen) atoms. The van der Waals surface area contributed by atoms with Crippen molar-refractivity contribution in [1.29, 1.82) is 0 Å². The molecule has 0 bridgehead atoms. The first-order valence-electron chi connectivity index (χ1n) is 8.91. The van der Waals surface area contributed by atoms with Crippen LogP contribution in [0, 0.1) is 0 Å². The van der Waals surface area contributed by atoms with Gasteiger partial charge in [0.25, 0.3) is 0 Å². The summed E-state index contributed by atoms with van der Waals surface area (Å²) in [6.45, 7) is 5.29. The van der Waals surface area contributed by atoms with Gasteiger partial charge in [0, 0.05) is 24.6 Å². The largest absolute Gasteiger partial charge is 0.489 e. The van der Waals surface area contributed by atoms with Gasteiger partial charge in [0.1, 0.15) is 12.4 Å². The second kappa shape index (κ2) is 9.28. The van der Waals surface area contributed by atoms with E-state index in [0.717, 1.165) is 28.7 Å². The van der Waals surface area contributed by atoms with Crippen LogP contribution in [0.1, 0.15) is 19.4 Å². The van der Waals surface area contributed by atoms with Crippen LogP contribution in [0.5, 0.6) is 5.75 Å². The van der Waals surface area contributed by atoms with Gasteiger partial charge < -0.3 is 14.6 Å². The Bertz CT molecular complexity index is 863. The Hall–Kier alpha value is -2.73. The molecule has 0 aliphatic carbocycles. The lowest BCUT2D eigenvalue weighted by Crippen LogP contribution is -2.22. The molecule has 0 aliphatic heterocycles. The molecule has 140 valence electrons. The number of carbonyl (C=O) groups is 1. The zero-order valence-corrected chi connectivity index (χ0v) is 16.3. The van der Waals surface area contributed by atoms with Crippen molar-refractivity contribution in [3.63, 3.8) is 0 Å². The Morgan fingerprint density at radius 3 is 2.63 bits per heavy atom. The number of thioether (sulfide) groups is 1. The summed E-state index contributed by atoms with van der Waals surface area (Å²) in [5, 5.41) is 3.55. The Kier molecular flexibility index (Phi) is 6.54. The van der Waals surface area contributed by atoms with E-state index in [1.165, 1.54) is 11.8 Å². The summed E-state index contributed by atoms with van der Waals surface area (Å²) in [6.07, 6.45) is 3.67. The Morgan fingerprint density at radius 2 is 1.93 bits per heavy atom. The average Bonchev–Trinajstić information content (AvgIpc) is 3.15. The first kappa shape index (κ1) is 19.0. The standard InChI is InChI=1S/C21H23N3O2S/c1-3-24-14-13-22-21(24)27-16(2)20(25)23-18-9-11-19(12-10-18)26-15-17-7-5-4-6-8-17/h4-14,16H,3,15H2,1-2H3,(H,23,25). The van der Waals surface area contributed by atoms with Gasteiger partial charge in [-0.05, 0) is 43.7 Å². The number of hydrogen-bond donors (Lipinski definition) is 1. The van der Waals surface area contributed by atoms with Crippen molar-refractivity contribution >= 4 is 23.4 Å². The van der Waals surface area contributed by atoms with Crippen molar-refractivity contribution in [2.75, 3.05) is 5.32 Å². The predicted molar refractivity (Wildman–Crippen MR) is 109 cm³/mol. The van der Waals surface area contributed by atoms with Crippen LogP contribution in [0.3, 0.4) is 0 Å². The Morgan fingerprint density at radius 1 is 1.19 bits per heavy atom. The number of nitrogens with one attached hydrogen (secondary N) is 1. The van der Waals surface area contributed by atoms with Crippen molar-refractivity contribution in [2.45, 2.75) is 37.4 Å². The van der Waals surface area contributed by atoms with Crippen LogP contribution in [0.25, 0.3) is 0 Å². The van der Waals surface area contributed by atoms with E-state index in [-0.39, 0.29) is 11.2 Å². The summed E-state index contributed by atoms with van der Waals surface area (Å²) in [7, 11) is 0. The summed E-state index contributed by atoms with van der Waals surface area (Å²) in [5.74, 6) is 0.716. The number of imidazole rings is 1. The monoisotopic (exact) mass is 381 g/mol. The van der Waals surface area contributed by atoms with Crippen LogP contribution in [0.2, 0.25) is 0 Å². The quantitative estimate of drug-likeness (QED) is 0.579. The highest BCUT2D eigenvalue weighted by molar-refractivity contribution is 8.00. The van der Waals surface area contributed by atoms with Crippen LogP contribution < -0.4 is 10.1 Å². The molecule has 1 aromatic heterocycles. The summed E-state index contributed by atoms with van der Waals surface area (Å²) in [6, 6.07) is 17.4. The summed E-state index contributed by atoms with van der Waals surface area (Å²) in [5.41, 5.74) is 1.87. The van der Waals surface area contributed by atoms with E-state index in [9.17, 15) is 4.79 Å². The fourth-order valence-electron chi connectivity index (χ4n) is 2.49. The van der Waals surface area contributed by atoms with Crippen LogP contribution in [-0.4, -0.2) is 20.7 Å². The van der Waals surface area contributed by atoms with Gasteiger partial charge in [0.2, 0.25) is 5.91 Å². The molecule has 0 radical (unpaired) electrons. The Balaban J connectivity index is 1.52. The number of aromatic nitrogens is 2. The number of nitrogens with zero attached hydrogens (tertiary/aromatic N) is 2. The zero-order chi connectivity index (χ0) is 19.1. The van der Waals surface area contributed by atoms with Crippen molar-refractivity contribution in [3.05, 3.63) is 72.6 Å². The maximum absolute atomic E-state index is 12.4. The summed E-state index contributed by atoms with van der Waals surface area (Å²) < 4.78 is 7.79. The van der Waals surface area contributed by atoms with Gasteiger partial charge >= 0.3 is 0 Å². The normalized spacial score (nSPS) is 11.8. The number of ether oxygens (including phenoxy) is 1. The van der Waals surface area contributed by atoms with Crippen LogP contribution in [-0.2, 0) is 17.9 Å². The number of anilines is 1. The highest BCUT2D eigenvalue weighted by atomic mass is 32.2. The molecule has 0 spiro atoms. The minimum Gasteiger partial charge on any atom is -0.489 e. The molecule has 1 unspecified atom stereocenters. The maximum Gasteiger partial charge on any atom is 0.237 e. The van der Waals surface area contributed by atoms with Crippen LogP contribution in [0.15, 0.2) is 72.1 Å². The number of hydrogen-bond acceptors (Lipinski definition) is 4. The van der Waals surface area contributed by atoms with Crippen molar-refractivity contribution < 1.29 is 9.53 Å². The van der Waals surface area contributed by atoms with E-state index in [1.807, 2.05) is 72.3 Å². The minimum absolute atomic E-state index is 0.0522. The lowest BCUT2D eigenvalue weighted by molar-refractivity contribution is -0.115. The maximum atomic E-state index is 12.4. The van der Waals surface area contributed by atoms with Gasteiger partial charge in [-0.2, -0.15) is 0 Å². The van der Waals surface area contributed by atoms with Gasteiger partial charge in [-0.1, -0.05) is 42.1 Å². The second-order valence-corrected chi connectivity index (χ2v) is 7.35. The smallest absolute Gasteiger partial charge is 0.237 e. The van der Waals surface area contributed by atoms with E-state index >= 15 is 0 Å².